The van der Waals surface area contributed by atoms with Gasteiger partial charge in [-0.2, -0.15) is 0 Å². The first-order valence-electron chi connectivity index (χ1n) is 10.6. The molecule has 2 heterocycles. The van der Waals surface area contributed by atoms with Gasteiger partial charge in [0.1, 0.15) is 5.78 Å². The molecule has 0 saturated carbocycles. The number of imidazole rings is 1. The van der Waals surface area contributed by atoms with Crippen molar-refractivity contribution >= 4 is 34.7 Å². The van der Waals surface area contributed by atoms with Crippen molar-refractivity contribution in [2.45, 2.75) is 31.8 Å². The first-order valence-corrected chi connectivity index (χ1v) is 10.6. The van der Waals surface area contributed by atoms with Gasteiger partial charge in [0.15, 0.2) is 5.78 Å². The van der Waals surface area contributed by atoms with Crippen LogP contribution in [-0.4, -0.2) is 32.1 Å². The maximum Gasteiger partial charge on any atom is 0.258 e. The van der Waals surface area contributed by atoms with Crippen LogP contribution in [0.4, 0.5) is 0 Å². The smallest absolute Gasteiger partial charge is 0.258 e. The van der Waals surface area contributed by atoms with E-state index in [0.29, 0.717) is 47.0 Å². The highest BCUT2D eigenvalue weighted by molar-refractivity contribution is 6.26. The number of hydrogen-bond donors (Lipinski definition) is 2. The molecule has 33 heavy (non-hydrogen) atoms. The van der Waals surface area contributed by atoms with Crippen LogP contribution in [0, 0.1) is 0 Å². The highest BCUT2D eigenvalue weighted by atomic mass is 35.5. The lowest BCUT2D eigenvalue weighted by Crippen LogP contribution is -2.33. The van der Waals surface area contributed by atoms with Crippen LogP contribution in [0.3, 0.4) is 0 Å². The van der Waals surface area contributed by atoms with E-state index in [1.54, 1.807) is 35.3 Å². The van der Waals surface area contributed by atoms with Crippen LogP contribution < -0.4 is 11.3 Å². The summed E-state index contributed by atoms with van der Waals surface area (Å²) in [5.41, 5.74) is 9.27. The number of nitrogens with zero attached hydrogens (tertiary/aromatic N) is 2. The van der Waals surface area contributed by atoms with Gasteiger partial charge in [-0.15, -0.1) is 12.4 Å². The largest absolute Gasteiger partial charge is 0.348 e. The minimum Gasteiger partial charge on any atom is -0.348 e. The SMILES string of the molecule is Cl.N[C@@H](Cc1cnc[nH]1)C(=O)CCCn1c2c(c3ccccc3c1=O)C(=O)c1ccccc1-2. The van der Waals surface area contributed by atoms with E-state index in [0.717, 1.165) is 11.3 Å². The van der Waals surface area contributed by atoms with Crippen LogP contribution in [0.5, 0.6) is 0 Å². The van der Waals surface area contributed by atoms with E-state index in [4.69, 9.17) is 5.73 Å². The second-order valence-corrected chi connectivity index (χ2v) is 8.06. The first-order chi connectivity index (χ1) is 15.6. The summed E-state index contributed by atoms with van der Waals surface area (Å²) in [7, 11) is 0. The molecular formula is C25H23ClN4O3. The van der Waals surface area contributed by atoms with Crippen LogP contribution in [0.15, 0.2) is 65.8 Å². The van der Waals surface area contributed by atoms with Crippen molar-refractivity contribution in [1.29, 1.82) is 0 Å². The number of hydrogen-bond acceptors (Lipinski definition) is 5. The molecule has 0 saturated heterocycles. The molecule has 1 aliphatic carbocycles. The number of halogens is 1. The molecule has 7 nitrogen and oxygen atoms in total. The molecule has 2 aromatic heterocycles. The summed E-state index contributed by atoms with van der Waals surface area (Å²) in [4.78, 5) is 46.0. The van der Waals surface area contributed by atoms with Crippen molar-refractivity contribution in [3.63, 3.8) is 0 Å². The number of nitrogens with one attached hydrogen (secondary N) is 1. The lowest BCUT2D eigenvalue weighted by atomic mass is 10.0. The molecule has 0 bridgehead atoms. The molecule has 0 spiro atoms. The fourth-order valence-electron chi connectivity index (χ4n) is 4.49. The molecule has 1 atom stereocenters. The molecule has 0 amide bonds. The normalized spacial score (nSPS) is 12.8. The lowest BCUT2D eigenvalue weighted by molar-refractivity contribution is -0.120. The number of carbonyl (C=O) groups is 2. The van der Waals surface area contributed by atoms with Crippen molar-refractivity contribution in [2.24, 2.45) is 5.73 Å². The Morgan fingerprint density at radius 1 is 1.03 bits per heavy atom. The molecular weight excluding hydrogens is 440 g/mol. The Morgan fingerprint density at radius 2 is 1.73 bits per heavy atom. The Morgan fingerprint density at radius 3 is 2.45 bits per heavy atom. The number of rotatable bonds is 7. The number of pyridine rings is 1. The second-order valence-electron chi connectivity index (χ2n) is 8.06. The standard InChI is InChI=1S/C25H22N4O3.ClH/c26-20(12-15-13-27-14-28-15)21(30)10-5-11-29-23-17-7-2-3-8-18(17)24(31)22(23)16-6-1-4-9-19(16)25(29)32;/h1-4,6-9,13-14,20H,5,10-12,26H2,(H,27,28);1H/t20-;/m0./s1. The number of ketones is 2. The summed E-state index contributed by atoms with van der Waals surface area (Å²) in [6, 6.07) is 13.9. The van der Waals surface area contributed by atoms with E-state index in [1.807, 2.05) is 30.3 Å². The number of benzene rings is 2. The molecule has 0 aliphatic heterocycles. The van der Waals surface area contributed by atoms with Gasteiger partial charge in [0.05, 0.1) is 23.6 Å². The molecule has 8 heteroatoms. The Balaban J connectivity index is 0.00000259. The Kier molecular flexibility index (Phi) is 6.26. The topological polar surface area (TPSA) is 111 Å². The highest BCUT2D eigenvalue weighted by Crippen LogP contribution is 2.39. The van der Waals surface area contributed by atoms with E-state index in [1.165, 1.54) is 0 Å². The molecule has 4 aromatic rings. The van der Waals surface area contributed by atoms with Gasteiger partial charge >= 0.3 is 0 Å². The Bertz CT molecular complexity index is 1410. The van der Waals surface area contributed by atoms with E-state index in [-0.39, 0.29) is 36.0 Å². The third-order valence-electron chi connectivity index (χ3n) is 6.05. The monoisotopic (exact) mass is 462 g/mol. The average Bonchev–Trinajstić information content (AvgIpc) is 3.42. The van der Waals surface area contributed by atoms with Crippen LogP contribution in [0.2, 0.25) is 0 Å². The lowest BCUT2D eigenvalue weighted by Gasteiger charge is -2.15. The van der Waals surface area contributed by atoms with Crippen molar-refractivity contribution in [3.8, 4) is 11.3 Å². The summed E-state index contributed by atoms with van der Waals surface area (Å²) >= 11 is 0. The summed E-state index contributed by atoms with van der Waals surface area (Å²) in [5.74, 6) is -0.139. The molecule has 0 fully saturated rings. The first kappa shape index (κ1) is 22.6. The Labute approximate surface area is 196 Å². The number of fused-ring (bicyclic) bond motifs is 5. The molecule has 3 N–H and O–H groups in total. The Hall–Kier alpha value is -3.55. The quantitative estimate of drug-likeness (QED) is 0.385. The fraction of sp³-hybridized carbons (Fsp3) is 0.200. The zero-order valence-corrected chi connectivity index (χ0v) is 18.6. The van der Waals surface area contributed by atoms with Gasteiger partial charge < -0.3 is 15.3 Å². The van der Waals surface area contributed by atoms with Gasteiger partial charge in [-0.3, -0.25) is 14.4 Å². The van der Waals surface area contributed by atoms with Crippen LogP contribution >= 0.6 is 12.4 Å². The maximum absolute atomic E-state index is 13.4. The number of aromatic amines is 1. The molecule has 0 unspecified atom stereocenters. The second kappa shape index (κ2) is 9.13. The average molecular weight is 463 g/mol. The predicted octanol–water partition coefficient (Wildman–Crippen LogP) is 3.28. The van der Waals surface area contributed by atoms with E-state index in [2.05, 4.69) is 9.97 Å². The van der Waals surface area contributed by atoms with Crippen molar-refractivity contribution in [2.75, 3.05) is 0 Å². The van der Waals surface area contributed by atoms with Crippen molar-refractivity contribution in [3.05, 3.63) is 88.2 Å². The van der Waals surface area contributed by atoms with Crippen molar-refractivity contribution < 1.29 is 9.59 Å². The van der Waals surface area contributed by atoms with Gasteiger partial charge in [0.2, 0.25) is 0 Å². The van der Waals surface area contributed by atoms with Gasteiger partial charge in [-0.25, -0.2) is 4.98 Å². The van der Waals surface area contributed by atoms with Crippen LogP contribution in [-0.2, 0) is 17.8 Å². The van der Waals surface area contributed by atoms with Crippen LogP contribution in [0.1, 0.15) is 34.5 Å². The number of H-pyrrole nitrogens is 1. The summed E-state index contributed by atoms with van der Waals surface area (Å²) in [5, 5.41) is 1.18. The van der Waals surface area contributed by atoms with Gasteiger partial charge in [0.25, 0.3) is 5.56 Å². The van der Waals surface area contributed by atoms with Gasteiger partial charge in [0, 0.05) is 53.2 Å². The summed E-state index contributed by atoms with van der Waals surface area (Å²) < 4.78 is 1.65. The van der Waals surface area contributed by atoms with E-state index in [9.17, 15) is 14.4 Å². The summed E-state index contributed by atoms with van der Waals surface area (Å²) in [6.07, 6.45) is 4.30. The van der Waals surface area contributed by atoms with E-state index < -0.39 is 6.04 Å². The zero-order chi connectivity index (χ0) is 22.2. The number of nitrogens with two attached hydrogens (primary N) is 1. The number of aromatic nitrogens is 3. The molecule has 168 valence electrons. The minimum atomic E-state index is -0.628. The fourth-order valence-corrected chi connectivity index (χ4v) is 4.49. The van der Waals surface area contributed by atoms with E-state index >= 15 is 0 Å². The third kappa shape index (κ3) is 3.90. The minimum absolute atomic E-state index is 0. The zero-order valence-electron chi connectivity index (χ0n) is 17.8. The van der Waals surface area contributed by atoms with Crippen LogP contribution in [0.25, 0.3) is 22.0 Å². The highest BCUT2D eigenvalue weighted by Gasteiger charge is 2.32. The predicted molar refractivity (Wildman–Crippen MR) is 129 cm³/mol. The number of Topliss-reactive ketones (excluding diaryl/α,β-unsaturated/α-hetero) is 1. The van der Waals surface area contributed by atoms with Crippen molar-refractivity contribution in [1.82, 2.24) is 14.5 Å². The van der Waals surface area contributed by atoms with Gasteiger partial charge in [-0.1, -0.05) is 42.5 Å². The summed E-state index contributed by atoms with van der Waals surface area (Å²) in [6.45, 7) is 0.329. The maximum atomic E-state index is 13.4. The van der Waals surface area contributed by atoms with Gasteiger partial charge in [-0.05, 0) is 12.5 Å². The molecule has 5 rings (SSSR count). The molecule has 2 aromatic carbocycles. The molecule has 1 aliphatic rings. The number of carbonyl (C=O) groups excluding carboxylic acids is 2. The third-order valence-corrected chi connectivity index (χ3v) is 6.05. The molecule has 0 radical (unpaired) electrons.